The fourth-order valence-corrected chi connectivity index (χ4v) is 4.96. The number of piperazine rings is 1. The molecule has 4 heterocycles. The third kappa shape index (κ3) is 4.73. The fourth-order valence-electron chi connectivity index (χ4n) is 4.96. The summed E-state index contributed by atoms with van der Waals surface area (Å²) >= 11 is 0. The monoisotopic (exact) mass is 473 g/mol. The molecule has 7 heteroatoms. The number of amides is 1. The second-order valence-corrected chi connectivity index (χ2v) is 9.45. The van der Waals surface area contributed by atoms with Gasteiger partial charge in [0.25, 0.3) is 0 Å². The summed E-state index contributed by atoms with van der Waals surface area (Å²) in [6.45, 7) is 10.1. The largest absolute Gasteiger partial charge is 0.461 e. The number of hydrogen-bond donors (Lipinski definition) is 0. The number of aryl methyl sites for hydroxylation is 3. The minimum absolute atomic E-state index is 0.0921. The summed E-state index contributed by atoms with van der Waals surface area (Å²) in [6.07, 6.45) is 5.32. The van der Waals surface area contributed by atoms with E-state index >= 15 is 0 Å². The Bertz CT molecular complexity index is 1430. The summed E-state index contributed by atoms with van der Waals surface area (Å²) in [7, 11) is 0. The number of carbonyl (C=O) groups is 1. The highest BCUT2D eigenvalue weighted by Gasteiger charge is 2.22. The standard InChI is InChI=1S/C28H31N3O4/c1-18-20(3)34-25-17-26-24(16-23(18)25)19(2)22(28(33)35-26)4-5-27(32)31-14-12-30(13-15-31)11-8-21-6-9-29-10-7-21/h6-7,9-10,16-17H,4-5,8,11-15H2,1-3H3. The number of hydrogen-bond acceptors (Lipinski definition) is 6. The zero-order chi connectivity index (χ0) is 24.5. The second-order valence-electron chi connectivity index (χ2n) is 9.45. The van der Waals surface area contributed by atoms with Crippen LogP contribution in [0.25, 0.3) is 21.9 Å². The van der Waals surface area contributed by atoms with Crippen molar-refractivity contribution in [3.8, 4) is 0 Å². The summed E-state index contributed by atoms with van der Waals surface area (Å²) in [4.78, 5) is 34.0. The Kier molecular flexibility index (Phi) is 6.43. The molecule has 1 saturated heterocycles. The van der Waals surface area contributed by atoms with Gasteiger partial charge in [0, 0.05) is 73.9 Å². The molecule has 0 unspecified atom stereocenters. The predicted octanol–water partition coefficient (Wildman–Crippen LogP) is 4.18. The lowest BCUT2D eigenvalue weighted by molar-refractivity contribution is -0.132. The number of furan rings is 1. The van der Waals surface area contributed by atoms with Crippen molar-refractivity contribution in [1.29, 1.82) is 0 Å². The first-order valence-corrected chi connectivity index (χ1v) is 12.3. The number of pyridine rings is 1. The van der Waals surface area contributed by atoms with Crippen molar-refractivity contribution in [2.75, 3.05) is 32.7 Å². The molecule has 0 aliphatic carbocycles. The van der Waals surface area contributed by atoms with Crippen molar-refractivity contribution in [3.63, 3.8) is 0 Å². The third-order valence-corrected chi connectivity index (χ3v) is 7.36. The van der Waals surface area contributed by atoms with Crippen LogP contribution in [-0.4, -0.2) is 53.4 Å². The van der Waals surface area contributed by atoms with Gasteiger partial charge in [-0.3, -0.25) is 14.7 Å². The van der Waals surface area contributed by atoms with Crippen LogP contribution < -0.4 is 5.63 Å². The van der Waals surface area contributed by atoms with Gasteiger partial charge in [-0.05, 0) is 68.5 Å². The molecule has 0 N–H and O–H groups in total. The van der Waals surface area contributed by atoms with Crippen LogP contribution in [0.5, 0.6) is 0 Å². The average molecular weight is 474 g/mol. The lowest BCUT2D eigenvalue weighted by Gasteiger charge is -2.34. The molecule has 35 heavy (non-hydrogen) atoms. The maximum atomic E-state index is 12.9. The van der Waals surface area contributed by atoms with E-state index in [9.17, 15) is 9.59 Å². The molecule has 0 bridgehead atoms. The predicted molar refractivity (Wildman–Crippen MR) is 136 cm³/mol. The second kappa shape index (κ2) is 9.66. The summed E-state index contributed by atoms with van der Waals surface area (Å²) in [5, 5.41) is 1.92. The minimum Gasteiger partial charge on any atom is -0.461 e. The Morgan fingerprint density at radius 2 is 1.60 bits per heavy atom. The van der Waals surface area contributed by atoms with Gasteiger partial charge in [-0.2, -0.15) is 0 Å². The smallest absolute Gasteiger partial charge is 0.339 e. The van der Waals surface area contributed by atoms with E-state index in [1.165, 1.54) is 5.56 Å². The molecule has 1 aromatic carbocycles. The van der Waals surface area contributed by atoms with Gasteiger partial charge in [-0.25, -0.2) is 4.79 Å². The topological polar surface area (TPSA) is 79.8 Å². The molecule has 0 radical (unpaired) electrons. The minimum atomic E-state index is -0.372. The molecule has 7 nitrogen and oxygen atoms in total. The molecule has 1 aliphatic heterocycles. The lowest BCUT2D eigenvalue weighted by Crippen LogP contribution is -2.49. The van der Waals surface area contributed by atoms with Crippen LogP contribution in [0.1, 0.15) is 34.4 Å². The zero-order valence-corrected chi connectivity index (χ0v) is 20.6. The highest BCUT2D eigenvalue weighted by atomic mass is 16.4. The van der Waals surface area contributed by atoms with Crippen molar-refractivity contribution in [3.05, 3.63) is 75.1 Å². The van der Waals surface area contributed by atoms with E-state index in [2.05, 4.69) is 9.88 Å². The van der Waals surface area contributed by atoms with Gasteiger partial charge in [0.05, 0.1) is 0 Å². The van der Waals surface area contributed by atoms with Gasteiger partial charge >= 0.3 is 5.63 Å². The molecule has 0 saturated carbocycles. The summed E-state index contributed by atoms with van der Waals surface area (Å²) in [5.41, 5.74) is 4.70. The maximum Gasteiger partial charge on any atom is 0.339 e. The summed E-state index contributed by atoms with van der Waals surface area (Å²) in [6, 6.07) is 7.92. The first-order chi connectivity index (χ1) is 16.9. The molecule has 0 atom stereocenters. The van der Waals surface area contributed by atoms with Crippen molar-refractivity contribution in [2.45, 2.75) is 40.0 Å². The normalized spacial score (nSPS) is 14.8. The maximum absolute atomic E-state index is 12.9. The van der Waals surface area contributed by atoms with Gasteiger partial charge in [-0.15, -0.1) is 0 Å². The SMILES string of the molecule is Cc1oc2cc3oc(=O)c(CCC(=O)N4CCN(CCc5ccncc5)CC4)c(C)c3cc2c1C. The van der Waals surface area contributed by atoms with Crippen molar-refractivity contribution >= 4 is 27.8 Å². The lowest BCUT2D eigenvalue weighted by atomic mass is 10.00. The molecule has 1 fully saturated rings. The molecule has 0 spiro atoms. The number of benzene rings is 1. The van der Waals surface area contributed by atoms with Crippen LogP contribution in [0, 0.1) is 20.8 Å². The van der Waals surface area contributed by atoms with Gasteiger partial charge < -0.3 is 13.7 Å². The summed E-state index contributed by atoms with van der Waals surface area (Å²) < 4.78 is 11.4. The van der Waals surface area contributed by atoms with Crippen LogP contribution in [0.3, 0.4) is 0 Å². The van der Waals surface area contributed by atoms with Gasteiger partial charge in [-0.1, -0.05) is 0 Å². The Morgan fingerprint density at radius 1 is 0.914 bits per heavy atom. The Labute approximate surface area is 204 Å². The molecule has 3 aromatic heterocycles. The van der Waals surface area contributed by atoms with E-state index in [-0.39, 0.29) is 11.5 Å². The molecular weight excluding hydrogens is 442 g/mol. The zero-order valence-electron chi connectivity index (χ0n) is 20.6. The summed E-state index contributed by atoms with van der Waals surface area (Å²) in [5.74, 6) is 0.952. The molecule has 4 aromatic rings. The molecule has 5 rings (SSSR count). The number of fused-ring (bicyclic) bond motifs is 2. The van der Waals surface area contributed by atoms with E-state index in [0.29, 0.717) is 24.0 Å². The van der Waals surface area contributed by atoms with Crippen LogP contribution in [-0.2, 0) is 17.6 Å². The number of aromatic nitrogens is 1. The van der Waals surface area contributed by atoms with Crippen molar-refractivity contribution in [1.82, 2.24) is 14.8 Å². The fraction of sp³-hybridized carbons (Fsp3) is 0.393. The Hall–Kier alpha value is -3.45. The van der Waals surface area contributed by atoms with Crippen molar-refractivity contribution < 1.29 is 13.6 Å². The van der Waals surface area contributed by atoms with Crippen LogP contribution in [0.15, 0.2) is 50.3 Å². The van der Waals surface area contributed by atoms with E-state index in [1.54, 1.807) is 6.07 Å². The van der Waals surface area contributed by atoms with Gasteiger partial charge in [0.1, 0.15) is 16.9 Å². The molecular formula is C28H31N3O4. The average Bonchev–Trinajstić information content (AvgIpc) is 3.14. The number of carbonyl (C=O) groups excluding carboxylic acids is 1. The van der Waals surface area contributed by atoms with E-state index < -0.39 is 0 Å². The first-order valence-electron chi connectivity index (χ1n) is 12.3. The van der Waals surface area contributed by atoms with Gasteiger partial charge in [0.2, 0.25) is 5.91 Å². The molecule has 182 valence electrons. The van der Waals surface area contributed by atoms with E-state index in [4.69, 9.17) is 8.83 Å². The third-order valence-electron chi connectivity index (χ3n) is 7.36. The van der Waals surface area contributed by atoms with Crippen LogP contribution in [0.4, 0.5) is 0 Å². The number of rotatable bonds is 6. The Balaban J connectivity index is 1.22. The molecule has 1 amide bonds. The Morgan fingerprint density at radius 3 is 2.34 bits per heavy atom. The van der Waals surface area contributed by atoms with Gasteiger partial charge in [0.15, 0.2) is 0 Å². The highest BCUT2D eigenvalue weighted by molar-refractivity contribution is 5.96. The quantitative estimate of drug-likeness (QED) is 0.391. The molecule has 1 aliphatic rings. The van der Waals surface area contributed by atoms with Crippen LogP contribution in [0.2, 0.25) is 0 Å². The van der Waals surface area contributed by atoms with E-state index in [0.717, 1.165) is 72.4 Å². The first kappa shape index (κ1) is 23.3. The van der Waals surface area contributed by atoms with Crippen LogP contribution >= 0.6 is 0 Å². The van der Waals surface area contributed by atoms with E-state index in [1.807, 2.05) is 56.3 Å². The van der Waals surface area contributed by atoms with Crippen molar-refractivity contribution in [2.24, 2.45) is 0 Å². The number of nitrogens with zero attached hydrogens (tertiary/aromatic N) is 3. The highest BCUT2D eigenvalue weighted by Crippen LogP contribution is 2.31.